The molecule has 0 aliphatic heterocycles. The summed E-state index contributed by atoms with van der Waals surface area (Å²) in [5, 5.41) is 5.71. The van der Waals surface area contributed by atoms with Crippen LogP contribution in [-0.4, -0.2) is 34.6 Å². The van der Waals surface area contributed by atoms with Crippen molar-refractivity contribution in [3.63, 3.8) is 0 Å². The van der Waals surface area contributed by atoms with Gasteiger partial charge >= 0.3 is 0 Å². The van der Waals surface area contributed by atoms with E-state index in [2.05, 4.69) is 16.1 Å². The van der Waals surface area contributed by atoms with Gasteiger partial charge in [-0.1, -0.05) is 43.5 Å². The van der Waals surface area contributed by atoms with Gasteiger partial charge in [-0.15, -0.1) is 5.10 Å². The van der Waals surface area contributed by atoms with E-state index in [4.69, 9.17) is 18.6 Å². The van der Waals surface area contributed by atoms with Crippen molar-refractivity contribution in [2.45, 2.75) is 45.1 Å². The second-order valence-corrected chi connectivity index (χ2v) is 10.6. The molecule has 0 radical (unpaired) electrons. The van der Waals surface area contributed by atoms with Crippen LogP contribution in [-0.2, 0) is 17.8 Å². The Morgan fingerprint density at radius 2 is 1.92 bits per heavy atom. The SMILES string of the molecule is COc1cc(OCc2cccc(CC(=O)C3CCCCC3)c2)c2cc(-c3cn4nc(OC)sc4n3)oc2c1. The molecular weight excluding hydrogens is 502 g/mol. The maximum absolute atomic E-state index is 12.8. The highest BCUT2D eigenvalue weighted by atomic mass is 32.1. The van der Waals surface area contributed by atoms with Crippen molar-refractivity contribution in [1.29, 1.82) is 0 Å². The summed E-state index contributed by atoms with van der Waals surface area (Å²) in [6, 6.07) is 13.7. The fraction of sp³-hybridized carbons (Fsp3) is 0.345. The molecular formula is C29H29N3O5S. The van der Waals surface area contributed by atoms with E-state index >= 15 is 0 Å². The fourth-order valence-corrected chi connectivity index (χ4v) is 5.79. The molecule has 9 heteroatoms. The van der Waals surface area contributed by atoms with Crippen molar-refractivity contribution in [3.05, 3.63) is 59.8 Å². The van der Waals surface area contributed by atoms with Crippen LogP contribution in [0.25, 0.3) is 27.4 Å². The molecule has 0 amide bonds. The van der Waals surface area contributed by atoms with E-state index in [1.54, 1.807) is 18.7 Å². The number of furan rings is 1. The van der Waals surface area contributed by atoms with Gasteiger partial charge in [0.1, 0.15) is 35.2 Å². The Labute approximate surface area is 224 Å². The van der Waals surface area contributed by atoms with Gasteiger partial charge in [0.15, 0.2) is 5.76 Å². The lowest BCUT2D eigenvalue weighted by Gasteiger charge is -2.20. The first kappa shape index (κ1) is 24.5. The van der Waals surface area contributed by atoms with Crippen LogP contribution >= 0.6 is 11.3 Å². The first-order valence-corrected chi connectivity index (χ1v) is 13.7. The normalized spacial score (nSPS) is 14.3. The standard InChI is InChI=1S/C29H29N3O5S/c1-34-21-13-25(36-17-19-8-6-7-18(11-19)12-24(33)20-9-4-3-5-10-20)22-15-27(37-26(22)14-21)23-16-32-28(30-23)38-29(31-32)35-2/h6-8,11,13-16,20H,3-5,9-10,12,17H2,1-2H3. The lowest BCUT2D eigenvalue weighted by Crippen LogP contribution is -2.19. The van der Waals surface area contributed by atoms with Crippen LogP contribution in [0.1, 0.15) is 43.2 Å². The van der Waals surface area contributed by atoms with E-state index in [-0.39, 0.29) is 5.92 Å². The summed E-state index contributed by atoms with van der Waals surface area (Å²) in [6.07, 6.45) is 7.93. The highest BCUT2D eigenvalue weighted by molar-refractivity contribution is 7.18. The molecule has 1 aliphatic rings. The molecule has 0 unspecified atom stereocenters. The van der Waals surface area contributed by atoms with Crippen LogP contribution in [0, 0.1) is 5.92 Å². The zero-order chi connectivity index (χ0) is 26.1. The van der Waals surface area contributed by atoms with Crippen LogP contribution in [0.2, 0.25) is 0 Å². The molecule has 2 aromatic carbocycles. The number of nitrogens with zero attached hydrogens (tertiary/aromatic N) is 3. The Hall–Kier alpha value is -3.85. The number of imidazole rings is 1. The average Bonchev–Trinajstić information content (AvgIpc) is 3.65. The van der Waals surface area contributed by atoms with Crippen molar-refractivity contribution in [2.75, 3.05) is 14.2 Å². The molecule has 196 valence electrons. The van der Waals surface area contributed by atoms with E-state index in [0.717, 1.165) is 29.4 Å². The molecule has 8 nitrogen and oxygen atoms in total. The van der Waals surface area contributed by atoms with Crippen LogP contribution in [0.3, 0.4) is 0 Å². The van der Waals surface area contributed by atoms with Crippen LogP contribution in [0.4, 0.5) is 0 Å². The second-order valence-electron chi connectivity index (χ2n) is 9.66. The number of Topliss-reactive ketones (excluding diaryl/α,β-unsaturated/α-hetero) is 1. The minimum atomic E-state index is 0.216. The molecule has 0 atom stereocenters. The summed E-state index contributed by atoms with van der Waals surface area (Å²) >= 11 is 1.36. The molecule has 3 aromatic heterocycles. The molecule has 1 saturated carbocycles. The number of carbonyl (C=O) groups is 1. The Kier molecular flexibility index (Phi) is 6.76. The third kappa shape index (κ3) is 4.98. The molecule has 3 heterocycles. The lowest BCUT2D eigenvalue weighted by atomic mass is 9.84. The number of ether oxygens (including phenoxy) is 3. The van der Waals surface area contributed by atoms with Gasteiger partial charge in [0, 0.05) is 24.5 Å². The third-order valence-corrected chi connectivity index (χ3v) is 7.97. The number of benzene rings is 2. The van der Waals surface area contributed by atoms with E-state index in [1.165, 1.54) is 30.6 Å². The van der Waals surface area contributed by atoms with Gasteiger partial charge in [0.25, 0.3) is 5.19 Å². The Bertz CT molecular complexity index is 1560. The van der Waals surface area contributed by atoms with Gasteiger partial charge in [-0.2, -0.15) is 0 Å². The first-order valence-electron chi connectivity index (χ1n) is 12.8. The summed E-state index contributed by atoms with van der Waals surface area (Å²) in [5.74, 6) is 2.47. The molecule has 0 N–H and O–H groups in total. The molecule has 1 fully saturated rings. The predicted molar refractivity (Wildman–Crippen MR) is 145 cm³/mol. The van der Waals surface area contributed by atoms with Crippen molar-refractivity contribution in [3.8, 4) is 28.1 Å². The number of hydrogen-bond donors (Lipinski definition) is 0. The van der Waals surface area contributed by atoms with Crippen molar-refractivity contribution in [1.82, 2.24) is 14.6 Å². The lowest BCUT2D eigenvalue weighted by molar-refractivity contribution is -0.123. The van der Waals surface area contributed by atoms with Gasteiger partial charge < -0.3 is 18.6 Å². The minimum absolute atomic E-state index is 0.216. The number of methoxy groups -OCH3 is 2. The summed E-state index contributed by atoms with van der Waals surface area (Å²) in [4.78, 5) is 18.1. The highest BCUT2D eigenvalue weighted by Crippen LogP contribution is 2.37. The zero-order valence-corrected chi connectivity index (χ0v) is 22.3. The predicted octanol–water partition coefficient (Wildman–Crippen LogP) is 6.49. The van der Waals surface area contributed by atoms with E-state index in [0.29, 0.717) is 57.5 Å². The minimum Gasteiger partial charge on any atom is -0.496 e. The monoisotopic (exact) mass is 531 g/mol. The quantitative estimate of drug-likeness (QED) is 0.215. The molecule has 0 saturated heterocycles. The van der Waals surface area contributed by atoms with E-state index in [9.17, 15) is 4.79 Å². The summed E-state index contributed by atoms with van der Waals surface area (Å²) in [5.41, 5.74) is 3.35. The van der Waals surface area contributed by atoms with Gasteiger partial charge in [0.05, 0.1) is 25.8 Å². The summed E-state index contributed by atoms with van der Waals surface area (Å²) in [6.45, 7) is 0.359. The molecule has 0 spiro atoms. The van der Waals surface area contributed by atoms with E-state index < -0.39 is 0 Å². The van der Waals surface area contributed by atoms with Crippen molar-refractivity contribution in [2.24, 2.45) is 5.92 Å². The second kappa shape index (κ2) is 10.5. The Morgan fingerprint density at radius 3 is 2.71 bits per heavy atom. The maximum atomic E-state index is 12.8. The van der Waals surface area contributed by atoms with Crippen LogP contribution in [0.15, 0.2) is 53.1 Å². The number of fused-ring (bicyclic) bond motifs is 2. The molecule has 1 aliphatic carbocycles. The Morgan fingerprint density at radius 1 is 1.08 bits per heavy atom. The van der Waals surface area contributed by atoms with Gasteiger partial charge in [-0.25, -0.2) is 9.50 Å². The van der Waals surface area contributed by atoms with Crippen LogP contribution < -0.4 is 14.2 Å². The molecule has 6 rings (SSSR count). The maximum Gasteiger partial charge on any atom is 0.294 e. The summed E-state index contributed by atoms with van der Waals surface area (Å²) < 4.78 is 24.8. The highest BCUT2D eigenvalue weighted by Gasteiger charge is 2.21. The zero-order valence-electron chi connectivity index (χ0n) is 21.4. The number of aromatic nitrogens is 3. The fourth-order valence-electron chi connectivity index (χ4n) is 5.09. The van der Waals surface area contributed by atoms with E-state index in [1.807, 2.05) is 42.6 Å². The van der Waals surface area contributed by atoms with Crippen molar-refractivity contribution >= 4 is 33.1 Å². The van der Waals surface area contributed by atoms with Gasteiger partial charge in [-0.3, -0.25) is 4.79 Å². The van der Waals surface area contributed by atoms with Gasteiger partial charge in [-0.05, 0) is 41.4 Å². The topological polar surface area (TPSA) is 88.1 Å². The number of carbonyl (C=O) groups excluding carboxylic acids is 1. The first-order chi connectivity index (χ1) is 18.6. The number of hydrogen-bond acceptors (Lipinski definition) is 8. The van der Waals surface area contributed by atoms with Gasteiger partial charge in [0.2, 0.25) is 4.96 Å². The largest absolute Gasteiger partial charge is 0.496 e. The Balaban J connectivity index is 1.22. The summed E-state index contributed by atoms with van der Waals surface area (Å²) in [7, 11) is 3.20. The smallest absolute Gasteiger partial charge is 0.294 e. The molecule has 0 bridgehead atoms. The third-order valence-electron chi connectivity index (χ3n) is 7.08. The van der Waals surface area contributed by atoms with Crippen molar-refractivity contribution < 1.29 is 23.4 Å². The molecule has 5 aromatic rings. The number of rotatable bonds is 9. The molecule has 38 heavy (non-hydrogen) atoms. The average molecular weight is 532 g/mol. The number of ketones is 1. The van der Waals surface area contributed by atoms with Crippen LogP contribution in [0.5, 0.6) is 16.7 Å².